The number of ether oxygens (including phenoxy) is 1. The highest BCUT2D eigenvalue weighted by Gasteiger charge is 2.27. The number of thioether (sulfide) groups is 1. The van der Waals surface area contributed by atoms with Gasteiger partial charge in [0.15, 0.2) is 62.2 Å². The molecule has 668 valence electrons. The second kappa shape index (κ2) is 44.7. The molecule has 12 aromatic heterocycles. The maximum absolute atomic E-state index is 11.6. The zero-order valence-electron chi connectivity index (χ0n) is 76.2. The minimum atomic E-state index is -0.0908. The number of carbonyl (C=O) groups excluding carboxylic acids is 5. The Hall–Kier alpha value is -10.4. The van der Waals surface area contributed by atoms with Gasteiger partial charge in [-0.2, -0.15) is 4.98 Å². The minimum Gasteiger partial charge on any atom is -0.465 e. The van der Waals surface area contributed by atoms with Crippen molar-refractivity contribution in [2.45, 2.75) is 306 Å². The first-order valence-corrected chi connectivity index (χ1v) is 47.9. The van der Waals surface area contributed by atoms with Crippen molar-refractivity contribution in [3.63, 3.8) is 0 Å². The predicted molar refractivity (Wildman–Crippen MR) is 500 cm³/mol. The minimum absolute atomic E-state index is 0.00618. The van der Waals surface area contributed by atoms with E-state index in [1.807, 2.05) is 83.5 Å². The van der Waals surface area contributed by atoms with Crippen molar-refractivity contribution >= 4 is 126 Å². The number of fused-ring (bicyclic) bond motifs is 6. The van der Waals surface area contributed by atoms with Crippen molar-refractivity contribution in [3.05, 3.63) is 113 Å². The highest BCUT2D eigenvalue weighted by atomic mass is 32.2. The average molecular weight is 1720 g/mol. The third kappa shape index (κ3) is 24.2. The quantitative estimate of drug-likeness (QED) is 0.0396. The molecular formula is C97H133N21O6S. The third-order valence-corrected chi connectivity index (χ3v) is 26.4. The van der Waals surface area contributed by atoms with Crippen LogP contribution in [-0.2, 0) is 44.1 Å². The summed E-state index contributed by atoms with van der Waals surface area (Å²) < 4.78 is 18.7. The van der Waals surface area contributed by atoms with Crippen molar-refractivity contribution < 1.29 is 28.7 Å². The van der Waals surface area contributed by atoms with Crippen molar-refractivity contribution in [3.8, 4) is 6.01 Å². The molecule has 12 aromatic rings. The van der Waals surface area contributed by atoms with Crippen LogP contribution in [-0.4, -0.2) is 143 Å². The van der Waals surface area contributed by atoms with Crippen LogP contribution < -0.4 is 20.7 Å². The van der Waals surface area contributed by atoms with Gasteiger partial charge in [0.2, 0.25) is 23.8 Å². The average Bonchev–Trinajstić information content (AvgIpc) is 1.75. The number of anilines is 3. The molecule has 1 amide bonds. The summed E-state index contributed by atoms with van der Waals surface area (Å²) in [5.74, 6) is 7.54. The van der Waals surface area contributed by atoms with E-state index in [9.17, 15) is 24.0 Å². The summed E-state index contributed by atoms with van der Waals surface area (Å²) in [5, 5.41) is 10.4. The number of pyridine rings is 6. The van der Waals surface area contributed by atoms with Crippen LogP contribution in [0.25, 0.3) is 67.0 Å². The Morgan fingerprint density at radius 3 is 1.01 bits per heavy atom. The lowest BCUT2D eigenvalue weighted by Gasteiger charge is -2.23. The summed E-state index contributed by atoms with van der Waals surface area (Å²) >= 11 is 1.65. The number of aromatic nitrogens is 18. The van der Waals surface area contributed by atoms with Gasteiger partial charge in [0.05, 0.1) is 6.61 Å². The number of aryl methyl sites for hydroxylation is 3. The van der Waals surface area contributed by atoms with Crippen LogP contribution in [0.5, 0.6) is 6.01 Å². The van der Waals surface area contributed by atoms with Crippen LogP contribution in [0, 0.1) is 56.3 Å². The lowest BCUT2D eigenvalue weighted by Crippen LogP contribution is -2.18. The fourth-order valence-electron chi connectivity index (χ4n) is 19.0. The standard InChI is InChI=1S/C17H23N3O2.2C16H22N4O.C16H24N4.C16H21N3OS.C16H21N3O/c1-3-22-17-19-15-10-9-14(12(2)21)18-16(15)20(17)11-13-7-5-4-6-8-13;1-11(21)13-8-9-14-15(18-13)20(16(17-2)19-14)10-12-6-4-3-5-7-12;1-11-8-9-14-15(17-11)20(16(19-14)18-12(2)21)10-13-6-4-3-5-7-13;1-3-17-16-19-14-10-9-12(2)18-15(14)20(16)11-13-7-5-4-6-8-13;1-11(20)13-8-9-14-15(17-13)19(16(18-14)21-2)10-12-6-4-3-5-7-12;1-11(20)14-8-9-15-16(18-14)19(12(2)17-15)10-13-6-4-3-5-7-13/h9-10,13H,3-8,11H2,1-2H3;8-9,12H,3-7,10H2,1-2H3,(H,17,19);8-9,13H,3-7,10H2,1-2H3,(H,18,19,21);9-10,13H,3-8,11H2,1-2H3,(H,17,19);8-9,12H,3-7,10H2,1-2H3;8-9,13H,3-7,10H2,1-2H3. The molecule has 0 aromatic carbocycles. The number of nitrogens with zero attached hydrogens (tertiary/aromatic N) is 18. The molecule has 0 atom stereocenters. The third-order valence-electron chi connectivity index (χ3n) is 25.7. The van der Waals surface area contributed by atoms with Gasteiger partial charge in [0.1, 0.15) is 61.7 Å². The fraction of sp³-hybridized carbons (Fsp3) is 0.577. The zero-order chi connectivity index (χ0) is 88.0. The summed E-state index contributed by atoms with van der Waals surface area (Å²) in [6, 6.07) is 23.3. The molecule has 27 nitrogen and oxygen atoms in total. The Kier molecular flexibility index (Phi) is 33.0. The summed E-state index contributed by atoms with van der Waals surface area (Å²) in [5.41, 5.74) is 14.6. The van der Waals surface area contributed by atoms with Crippen LogP contribution in [0.15, 0.2) is 78.0 Å². The Morgan fingerprint density at radius 2 is 0.640 bits per heavy atom. The number of rotatable bonds is 23. The van der Waals surface area contributed by atoms with Gasteiger partial charge >= 0.3 is 0 Å². The summed E-state index contributed by atoms with van der Waals surface area (Å²) in [4.78, 5) is 113. The van der Waals surface area contributed by atoms with E-state index in [2.05, 4.69) is 106 Å². The van der Waals surface area contributed by atoms with Crippen molar-refractivity contribution in [1.29, 1.82) is 0 Å². The smallest absolute Gasteiger partial charge is 0.298 e. The lowest BCUT2D eigenvalue weighted by atomic mass is 9.89. The van der Waals surface area contributed by atoms with Gasteiger partial charge in [0.25, 0.3) is 6.01 Å². The number of hydrogen-bond acceptors (Lipinski definition) is 21. The van der Waals surface area contributed by atoms with Crippen LogP contribution in [0.2, 0.25) is 0 Å². The van der Waals surface area contributed by atoms with E-state index in [4.69, 9.17) is 14.7 Å². The Balaban J connectivity index is 0.000000129. The lowest BCUT2D eigenvalue weighted by molar-refractivity contribution is -0.114. The Bertz CT molecular complexity index is 5520. The predicted octanol–water partition coefficient (Wildman–Crippen LogP) is 21.4. The van der Waals surface area contributed by atoms with E-state index in [0.29, 0.717) is 65.0 Å². The number of ketones is 4. The molecule has 18 rings (SSSR count). The van der Waals surface area contributed by atoms with E-state index >= 15 is 0 Å². The topological polar surface area (TPSA) is 315 Å². The molecule has 125 heavy (non-hydrogen) atoms. The maximum atomic E-state index is 11.6. The van der Waals surface area contributed by atoms with Gasteiger partial charge in [-0.15, -0.1) is 0 Å². The summed E-state index contributed by atoms with van der Waals surface area (Å²) in [7, 11) is 1.88. The molecule has 12 heterocycles. The Labute approximate surface area is 740 Å². The van der Waals surface area contributed by atoms with Crippen molar-refractivity contribution in [2.75, 3.05) is 42.4 Å². The van der Waals surface area contributed by atoms with Crippen molar-refractivity contribution in [2.24, 2.45) is 35.5 Å². The van der Waals surface area contributed by atoms with Gasteiger partial charge in [-0.05, 0) is 226 Å². The van der Waals surface area contributed by atoms with Crippen LogP contribution in [0.4, 0.5) is 17.8 Å². The van der Waals surface area contributed by atoms with Crippen LogP contribution >= 0.6 is 11.8 Å². The highest BCUT2D eigenvalue weighted by Crippen LogP contribution is 2.36. The molecule has 3 N–H and O–H groups in total. The highest BCUT2D eigenvalue weighted by molar-refractivity contribution is 7.98. The number of imidazole rings is 6. The monoisotopic (exact) mass is 1720 g/mol. The molecule has 0 spiro atoms. The van der Waals surface area contributed by atoms with Crippen LogP contribution in [0.3, 0.4) is 0 Å². The molecule has 6 aliphatic rings. The molecule has 28 heteroatoms. The SMILES string of the molecule is CC(=O)Nc1nc2ccc(C)nc2n1CC1CCCCC1.CC(=O)c1ccc2nc(C)n(CC3CCCCC3)c2n1.CCNc1nc2ccc(C)nc2n1CC1CCCCC1.CCOc1nc2ccc(C(C)=O)nc2n1CC1CCCCC1.CNc1nc2ccc(C(C)=O)nc2n1CC1CCCCC1.CSc1nc2ccc(C(C)=O)nc2n1CC1CCCCC1. The molecule has 6 aliphatic carbocycles. The molecule has 0 aliphatic heterocycles. The van der Waals surface area contributed by atoms with Crippen LogP contribution in [0.1, 0.15) is 300 Å². The second-order valence-electron chi connectivity index (χ2n) is 35.5. The van der Waals surface area contributed by atoms with Gasteiger partial charge in [-0.3, -0.25) is 47.6 Å². The van der Waals surface area contributed by atoms with E-state index in [1.165, 1.54) is 200 Å². The Morgan fingerprint density at radius 1 is 0.344 bits per heavy atom. The number of nitrogens with one attached hydrogen (secondary N) is 3. The number of hydrogen-bond donors (Lipinski definition) is 3. The first kappa shape index (κ1) is 92.3. The first-order valence-electron chi connectivity index (χ1n) is 46.7. The van der Waals surface area contributed by atoms with Gasteiger partial charge in [-0.25, -0.2) is 54.8 Å². The number of Topliss-reactive ketones (excluding diaryl/α,β-unsaturated/α-hetero) is 4. The summed E-state index contributed by atoms with van der Waals surface area (Å²) in [6.45, 7) is 25.0. The molecule has 0 saturated heterocycles. The molecule has 0 unspecified atom stereocenters. The number of carbonyl (C=O) groups is 5. The molecule has 6 fully saturated rings. The molecular weight excluding hydrogens is 1590 g/mol. The van der Waals surface area contributed by atoms with Gasteiger partial charge < -0.3 is 24.5 Å². The molecule has 0 radical (unpaired) electrons. The fourth-order valence-corrected chi connectivity index (χ4v) is 19.6. The zero-order valence-corrected chi connectivity index (χ0v) is 77.0. The van der Waals surface area contributed by atoms with Crippen molar-refractivity contribution in [1.82, 2.24) is 87.2 Å². The van der Waals surface area contributed by atoms with E-state index in [0.717, 1.165) is 159 Å². The maximum Gasteiger partial charge on any atom is 0.298 e. The largest absolute Gasteiger partial charge is 0.465 e. The first-order chi connectivity index (χ1) is 60.6. The normalized spacial score (nSPS) is 16.4. The van der Waals surface area contributed by atoms with Gasteiger partial charge in [-0.1, -0.05) is 127 Å². The van der Waals surface area contributed by atoms with E-state index in [-0.39, 0.29) is 29.0 Å². The molecule has 0 bridgehead atoms. The van der Waals surface area contributed by atoms with E-state index in [1.54, 1.807) is 63.7 Å². The summed E-state index contributed by atoms with van der Waals surface area (Å²) in [6.07, 6.45) is 41.6. The second-order valence-corrected chi connectivity index (χ2v) is 36.3. The van der Waals surface area contributed by atoms with Gasteiger partial charge in [0, 0.05) is 98.9 Å². The van der Waals surface area contributed by atoms with E-state index < -0.39 is 0 Å². The molecule has 6 saturated carbocycles. The number of amides is 1.